The maximum absolute atomic E-state index is 11.7. The van der Waals surface area contributed by atoms with Gasteiger partial charge in [0.25, 0.3) is 0 Å². The Morgan fingerprint density at radius 1 is 1.06 bits per heavy atom. The lowest BCUT2D eigenvalue weighted by molar-refractivity contribution is -0.147. The number of carbonyl (C=O) groups is 2. The van der Waals surface area contributed by atoms with Gasteiger partial charge in [-0.05, 0) is 25.3 Å². The van der Waals surface area contributed by atoms with Crippen molar-refractivity contribution in [2.24, 2.45) is 5.92 Å². The van der Waals surface area contributed by atoms with Crippen LogP contribution in [0.5, 0.6) is 0 Å². The van der Waals surface area contributed by atoms with Crippen molar-refractivity contribution in [1.29, 1.82) is 0 Å². The summed E-state index contributed by atoms with van der Waals surface area (Å²) in [6.45, 7) is 7.08. The number of rotatable bonds is 4. The van der Waals surface area contributed by atoms with Crippen LogP contribution in [0.2, 0.25) is 0 Å². The van der Waals surface area contributed by atoms with Crippen molar-refractivity contribution in [2.45, 2.75) is 32.1 Å². The third kappa shape index (κ3) is 3.73. The van der Waals surface area contributed by atoms with Crippen molar-refractivity contribution in [1.82, 2.24) is 0 Å². The highest BCUT2D eigenvalue weighted by molar-refractivity contribution is 5.94. The molecule has 0 N–H and O–H groups in total. The number of hydrogen-bond donors (Lipinski definition) is 0. The lowest BCUT2D eigenvalue weighted by Gasteiger charge is -2.22. The number of esters is 2. The second kappa shape index (κ2) is 6.23. The van der Waals surface area contributed by atoms with Gasteiger partial charge in [0, 0.05) is 5.57 Å². The molecule has 0 aromatic heterocycles. The van der Waals surface area contributed by atoms with Crippen LogP contribution >= 0.6 is 0 Å². The summed E-state index contributed by atoms with van der Waals surface area (Å²) < 4.78 is 9.20. The Hall–Kier alpha value is -1.58. The molecule has 0 heterocycles. The minimum Gasteiger partial charge on any atom is -0.463 e. The van der Waals surface area contributed by atoms with Gasteiger partial charge >= 0.3 is 11.9 Å². The summed E-state index contributed by atoms with van der Waals surface area (Å²) in [5, 5.41) is 0. The van der Waals surface area contributed by atoms with Crippen molar-refractivity contribution in [3.8, 4) is 0 Å². The van der Waals surface area contributed by atoms with Crippen molar-refractivity contribution in [3.63, 3.8) is 0 Å². The minimum atomic E-state index is -0.741. The molecule has 94 valence electrons. The fraction of sp³-hybridized carbons (Fsp3) is 0.538. The van der Waals surface area contributed by atoms with Crippen molar-refractivity contribution in [3.05, 3.63) is 24.5 Å². The van der Waals surface area contributed by atoms with Crippen LogP contribution in [0, 0.1) is 5.92 Å². The third-order valence-electron chi connectivity index (χ3n) is 2.99. The smallest absolute Gasteiger partial charge is 0.373 e. The molecule has 0 aromatic carbocycles. The Balaban J connectivity index is 2.49. The summed E-state index contributed by atoms with van der Waals surface area (Å²) in [6.07, 6.45) is 5.33. The molecule has 4 nitrogen and oxygen atoms in total. The fourth-order valence-corrected chi connectivity index (χ4v) is 1.95. The van der Waals surface area contributed by atoms with Gasteiger partial charge in [-0.1, -0.05) is 25.8 Å². The summed E-state index contributed by atoms with van der Waals surface area (Å²) in [7, 11) is 1.21. The minimum absolute atomic E-state index is 0.168. The average Bonchev–Trinajstić information content (AvgIpc) is 2.37. The van der Waals surface area contributed by atoms with Crippen LogP contribution in [-0.2, 0) is 19.1 Å². The lowest BCUT2D eigenvalue weighted by atomic mass is 9.84. The van der Waals surface area contributed by atoms with E-state index in [1.165, 1.54) is 13.5 Å². The molecule has 0 spiro atoms. The molecule has 0 unspecified atom stereocenters. The zero-order valence-electron chi connectivity index (χ0n) is 10.2. The second-order valence-electron chi connectivity index (χ2n) is 4.16. The summed E-state index contributed by atoms with van der Waals surface area (Å²) in [4.78, 5) is 22.7. The van der Waals surface area contributed by atoms with Crippen LogP contribution in [0.1, 0.15) is 32.1 Å². The van der Waals surface area contributed by atoms with Crippen molar-refractivity contribution in [2.75, 3.05) is 7.11 Å². The predicted octanol–water partition coefficient (Wildman–Crippen LogP) is 2.35. The summed E-state index contributed by atoms with van der Waals surface area (Å²) >= 11 is 0. The first kappa shape index (κ1) is 13.5. The lowest BCUT2D eigenvalue weighted by Crippen LogP contribution is -2.19. The van der Waals surface area contributed by atoms with E-state index >= 15 is 0 Å². The molecule has 1 fully saturated rings. The first-order valence-corrected chi connectivity index (χ1v) is 5.74. The molecule has 0 radical (unpaired) electrons. The second-order valence-corrected chi connectivity index (χ2v) is 4.16. The molecule has 0 aromatic rings. The Labute approximate surface area is 101 Å². The highest BCUT2D eigenvalue weighted by Crippen LogP contribution is 2.29. The van der Waals surface area contributed by atoms with E-state index in [-0.39, 0.29) is 11.7 Å². The van der Waals surface area contributed by atoms with Crippen LogP contribution in [0.25, 0.3) is 0 Å². The van der Waals surface area contributed by atoms with Gasteiger partial charge in [0.15, 0.2) is 0 Å². The Morgan fingerprint density at radius 3 is 2.18 bits per heavy atom. The molecule has 1 saturated carbocycles. The van der Waals surface area contributed by atoms with Gasteiger partial charge < -0.3 is 9.47 Å². The zero-order valence-corrected chi connectivity index (χ0v) is 10.2. The number of ether oxygens (including phenoxy) is 2. The van der Waals surface area contributed by atoms with E-state index in [9.17, 15) is 9.59 Å². The van der Waals surface area contributed by atoms with Gasteiger partial charge in [0.2, 0.25) is 5.76 Å². The predicted molar refractivity (Wildman–Crippen MR) is 63.0 cm³/mol. The molecule has 0 amide bonds. The van der Waals surface area contributed by atoms with E-state index < -0.39 is 11.9 Å². The fourth-order valence-electron chi connectivity index (χ4n) is 1.95. The zero-order chi connectivity index (χ0) is 12.8. The topological polar surface area (TPSA) is 52.6 Å². The highest BCUT2D eigenvalue weighted by atomic mass is 16.6. The largest absolute Gasteiger partial charge is 0.463 e. The normalized spacial score (nSPS) is 16.1. The molecule has 1 aliphatic rings. The Bertz CT molecular complexity index is 337. The maximum Gasteiger partial charge on any atom is 0.373 e. The number of methoxy groups -OCH3 is 1. The van der Waals surface area contributed by atoms with Gasteiger partial charge in [0.1, 0.15) is 0 Å². The standard InChI is InChI=1S/C13H18O4/c1-9(11-7-5-4-6-8-11)12(14)17-10(2)13(15)16-3/h11H,1-2,4-8H2,3H3. The third-order valence-corrected chi connectivity index (χ3v) is 2.99. The van der Waals surface area contributed by atoms with Gasteiger partial charge in [-0.3, -0.25) is 0 Å². The maximum atomic E-state index is 11.7. The Morgan fingerprint density at radius 2 is 1.65 bits per heavy atom. The van der Waals surface area contributed by atoms with E-state index in [4.69, 9.17) is 4.74 Å². The highest BCUT2D eigenvalue weighted by Gasteiger charge is 2.24. The van der Waals surface area contributed by atoms with Crippen LogP contribution < -0.4 is 0 Å². The molecule has 17 heavy (non-hydrogen) atoms. The van der Waals surface area contributed by atoms with E-state index in [1.54, 1.807) is 0 Å². The van der Waals surface area contributed by atoms with Crippen LogP contribution in [0.3, 0.4) is 0 Å². The quantitative estimate of drug-likeness (QED) is 0.428. The van der Waals surface area contributed by atoms with Gasteiger partial charge in [-0.25, -0.2) is 9.59 Å². The van der Waals surface area contributed by atoms with Crippen LogP contribution in [-0.4, -0.2) is 19.0 Å². The molecule has 0 bridgehead atoms. The van der Waals surface area contributed by atoms with Gasteiger partial charge in [0.05, 0.1) is 7.11 Å². The van der Waals surface area contributed by atoms with Gasteiger partial charge in [-0.2, -0.15) is 0 Å². The molecule has 1 rings (SSSR count). The SMILES string of the molecule is C=C(OC(=O)C(=C)C1CCCCC1)C(=O)OC. The average molecular weight is 238 g/mol. The van der Waals surface area contributed by atoms with E-state index in [1.807, 2.05) is 0 Å². The van der Waals surface area contributed by atoms with Crippen LogP contribution in [0.15, 0.2) is 24.5 Å². The number of carbonyl (C=O) groups excluding carboxylic acids is 2. The first-order valence-electron chi connectivity index (χ1n) is 5.74. The molecule has 1 aliphatic carbocycles. The molecule has 4 heteroatoms. The summed E-state index contributed by atoms with van der Waals surface area (Å²) in [5.41, 5.74) is 0.426. The molecular formula is C13H18O4. The van der Waals surface area contributed by atoms with Crippen LogP contribution in [0.4, 0.5) is 0 Å². The summed E-state index contributed by atoms with van der Waals surface area (Å²) in [6, 6.07) is 0. The molecular weight excluding hydrogens is 220 g/mol. The van der Waals surface area contributed by atoms with Crippen molar-refractivity contribution >= 4 is 11.9 Å². The first-order chi connectivity index (χ1) is 8.06. The van der Waals surface area contributed by atoms with E-state index in [0.717, 1.165) is 25.7 Å². The number of hydrogen-bond acceptors (Lipinski definition) is 4. The van der Waals surface area contributed by atoms with E-state index in [0.29, 0.717) is 5.57 Å². The van der Waals surface area contributed by atoms with E-state index in [2.05, 4.69) is 17.9 Å². The van der Waals surface area contributed by atoms with Crippen molar-refractivity contribution < 1.29 is 19.1 Å². The molecule has 0 atom stereocenters. The molecule has 0 aliphatic heterocycles. The summed E-state index contributed by atoms with van der Waals surface area (Å²) in [5.74, 6) is -1.45. The molecule has 0 saturated heterocycles. The van der Waals surface area contributed by atoms with Gasteiger partial charge in [-0.15, -0.1) is 0 Å². The monoisotopic (exact) mass is 238 g/mol. The Kier molecular flexibility index (Phi) is 4.94.